The molecule has 0 saturated heterocycles. The Bertz CT molecular complexity index is 485. The zero-order valence-corrected chi connectivity index (χ0v) is 11.1. The number of imidazole rings is 1. The third kappa shape index (κ3) is 2.36. The normalized spacial score (nSPS) is 13.1. The number of hydrogen-bond acceptors (Lipinski definition) is 1. The van der Waals surface area contributed by atoms with Crippen molar-refractivity contribution in [2.75, 3.05) is 0 Å². The monoisotopic (exact) mass is 230 g/mol. The van der Waals surface area contributed by atoms with Crippen LogP contribution < -0.4 is 0 Å². The molecule has 2 rings (SSSR count). The molecular formula is C15H22N2. The molecule has 0 unspecified atom stereocenters. The van der Waals surface area contributed by atoms with Crippen molar-refractivity contribution in [2.24, 2.45) is 0 Å². The maximum atomic E-state index is 4.78. The van der Waals surface area contributed by atoms with Gasteiger partial charge in [0.25, 0.3) is 0 Å². The summed E-state index contributed by atoms with van der Waals surface area (Å²) in [6.45, 7) is 6.75. The van der Waals surface area contributed by atoms with Gasteiger partial charge in [-0.15, -0.1) is 0 Å². The highest BCUT2D eigenvalue weighted by atomic mass is 15.1. The second kappa shape index (κ2) is 5.35. The summed E-state index contributed by atoms with van der Waals surface area (Å²) in [6.07, 6.45) is 4.69. The number of fused-ring (bicyclic) bond motifs is 1. The molecule has 1 aromatic heterocycles. The summed E-state index contributed by atoms with van der Waals surface area (Å²) >= 11 is 0. The number of hydrogen-bond donors (Lipinski definition) is 0. The van der Waals surface area contributed by atoms with Gasteiger partial charge < -0.3 is 4.57 Å². The van der Waals surface area contributed by atoms with Gasteiger partial charge in [0.15, 0.2) is 0 Å². The summed E-state index contributed by atoms with van der Waals surface area (Å²) in [6, 6.07) is 9.01. The maximum Gasteiger partial charge on any atom is 0.110 e. The molecule has 1 heterocycles. The van der Waals surface area contributed by atoms with Crippen molar-refractivity contribution in [3.63, 3.8) is 0 Å². The fraction of sp³-hybridized carbons (Fsp3) is 0.533. The third-order valence-electron chi connectivity index (χ3n) is 3.45. The van der Waals surface area contributed by atoms with Crippen LogP contribution in [0.4, 0.5) is 0 Å². The molecule has 1 aromatic carbocycles. The summed E-state index contributed by atoms with van der Waals surface area (Å²) in [5.41, 5.74) is 2.42. The van der Waals surface area contributed by atoms with Gasteiger partial charge in [-0.1, -0.05) is 32.4 Å². The molecule has 0 amide bonds. The average molecular weight is 230 g/mol. The van der Waals surface area contributed by atoms with Crippen LogP contribution >= 0.6 is 0 Å². The van der Waals surface area contributed by atoms with Gasteiger partial charge in [0.2, 0.25) is 0 Å². The van der Waals surface area contributed by atoms with Crippen LogP contribution in [0.1, 0.15) is 51.9 Å². The van der Waals surface area contributed by atoms with Gasteiger partial charge in [0.05, 0.1) is 11.0 Å². The second-order valence-corrected chi connectivity index (χ2v) is 4.75. The lowest BCUT2D eigenvalue weighted by atomic mass is 10.2. The molecule has 0 spiro atoms. The number of rotatable bonds is 5. The first-order chi connectivity index (χ1) is 8.27. The van der Waals surface area contributed by atoms with E-state index in [1.165, 1.54) is 24.2 Å². The minimum Gasteiger partial charge on any atom is -0.325 e. The Hall–Kier alpha value is -1.31. The highest BCUT2D eigenvalue weighted by molar-refractivity contribution is 5.76. The van der Waals surface area contributed by atoms with E-state index < -0.39 is 0 Å². The summed E-state index contributed by atoms with van der Waals surface area (Å²) in [7, 11) is 0. The van der Waals surface area contributed by atoms with E-state index in [1.54, 1.807) is 0 Å². The predicted molar refractivity (Wildman–Crippen MR) is 73.3 cm³/mol. The Morgan fingerprint density at radius 3 is 2.71 bits per heavy atom. The van der Waals surface area contributed by atoms with Gasteiger partial charge in [-0.05, 0) is 31.9 Å². The number of para-hydroxylation sites is 2. The molecule has 0 aliphatic carbocycles. The Kier molecular flexibility index (Phi) is 3.82. The summed E-state index contributed by atoms with van der Waals surface area (Å²) in [5.74, 6) is 1.25. The molecule has 2 aromatic rings. The lowest BCUT2D eigenvalue weighted by Gasteiger charge is -2.15. The number of aryl methyl sites for hydroxylation is 1. The Morgan fingerprint density at radius 2 is 2.00 bits per heavy atom. The van der Waals surface area contributed by atoms with Crippen LogP contribution in [0.5, 0.6) is 0 Å². The topological polar surface area (TPSA) is 17.8 Å². The lowest BCUT2D eigenvalue weighted by Crippen LogP contribution is -2.08. The van der Waals surface area contributed by atoms with Crippen LogP contribution in [-0.4, -0.2) is 9.55 Å². The maximum absolute atomic E-state index is 4.78. The number of benzene rings is 1. The fourth-order valence-electron chi connectivity index (χ4n) is 2.28. The number of unbranched alkanes of at least 4 members (excludes halogenated alkanes) is 1. The second-order valence-electron chi connectivity index (χ2n) is 4.75. The molecular weight excluding hydrogens is 208 g/mol. The lowest BCUT2D eigenvalue weighted by molar-refractivity contribution is 0.517. The van der Waals surface area contributed by atoms with Crippen molar-refractivity contribution in [3.05, 3.63) is 30.1 Å². The molecule has 2 nitrogen and oxygen atoms in total. The number of aromatic nitrogens is 2. The average Bonchev–Trinajstić information content (AvgIpc) is 2.73. The van der Waals surface area contributed by atoms with Crippen molar-refractivity contribution in [1.29, 1.82) is 0 Å². The summed E-state index contributed by atoms with van der Waals surface area (Å²) in [4.78, 5) is 4.78. The van der Waals surface area contributed by atoms with Gasteiger partial charge in [-0.2, -0.15) is 0 Å². The van der Waals surface area contributed by atoms with Crippen LogP contribution in [0.15, 0.2) is 24.3 Å². The molecule has 2 heteroatoms. The molecule has 0 fully saturated rings. The first-order valence-electron chi connectivity index (χ1n) is 6.73. The third-order valence-corrected chi connectivity index (χ3v) is 3.45. The van der Waals surface area contributed by atoms with Crippen LogP contribution in [0.25, 0.3) is 11.0 Å². The molecule has 0 aliphatic rings. The van der Waals surface area contributed by atoms with E-state index in [0.29, 0.717) is 6.04 Å². The van der Waals surface area contributed by atoms with E-state index >= 15 is 0 Å². The summed E-state index contributed by atoms with van der Waals surface area (Å²) in [5, 5.41) is 0. The Morgan fingerprint density at radius 1 is 1.24 bits per heavy atom. The van der Waals surface area contributed by atoms with E-state index in [2.05, 4.69) is 49.6 Å². The van der Waals surface area contributed by atoms with Crippen molar-refractivity contribution in [2.45, 2.75) is 52.5 Å². The summed E-state index contributed by atoms with van der Waals surface area (Å²) < 4.78 is 2.42. The zero-order valence-electron chi connectivity index (χ0n) is 11.1. The van der Waals surface area contributed by atoms with Gasteiger partial charge in [-0.25, -0.2) is 4.98 Å². The highest BCUT2D eigenvalue weighted by Gasteiger charge is 2.13. The smallest absolute Gasteiger partial charge is 0.110 e. The van der Waals surface area contributed by atoms with E-state index in [-0.39, 0.29) is 0 Å². The van der Waals surface area contributed by atoms with E-state index in [1.807, 2.05) is 0 Å². The SMILES string of the molecule is CCCCc1nc2ccccc2n1[C@H](C)CC. The molecule has 92 valence electrons. The first kappa shape index (κ1) is 12.2. The highest BCUT2D eigenvalue weighted by Crippen LogP contribution is 2.23. The fourth-order valence-corrected chi connectivity index (χ4v) is 2.28. The van der Waals surface area contributed by atoms with Crippen LogP contribution in [-0.2, 0) is 6.42 Å². The van der Waals surface area contributed by atoms with Crippen molar-refractivity contribution < 1.29 is 0 Å². The largest absolute Gasteiger partial charge is 0.325 e. The predicted octanol–water partition coefficient (Wildman–Crippen LogP) is 4.35. The van der Waals surface area contributed by atoms with Gasteiger partial charge in [0.1, 0.15) is 5.82 Å². The molecule has 0 bridgehead atoms. The Labute approximate surface area is 104 Å². The molecule has 0 N–H and O–H groups in total. The van der Waals surface area contributed by atoms with Crippen LogP contribution in [0, 0.1) is 0 Å². The number of nitrogens with zero attached hydrogens (tertiary/aromatic N) is 2. The van der Waals surface area contributed by atoms with Crippen LogP contribution in [0.3, 0.4) is 0 Å². The zero-order chi connectivity index (χ0) is 12.3. The van der Waals surface area contributed by atoms with Crippen molar-refractivity contribution >= 4 is 11.0 Å². The molecule has 17 heavy (non-hydrogen) atoms. The van der Waals surface area contributed by atoms with Gasteiger partial charge in [-0.3, -0.25) is 0 Å². The molecule has 0 radical (unpaired) electrons. The minimum atomic E-state index is 0.536. The van der Waals surface area contributed by atoms with Crippen molar-refractivity contribution in [1.82, 2.24) is 9.55 Å². The standard InChI is InChI=1S/C15H22N2/c1-4-6-11-15-16-13-9-7-8-10-14(13)17(15)12(3)5-2/h7-10,12H,4-6,11H2,1-3H3/t12-/m1/s1. The minimum absolute atomic E-state index is 0.536. The van der Waals surface area contributed by atoms with Gasteiger partial charge >= 0.3 is 0 Å². The quantitative estimate of drug-likeness (QED) is 0.746. The van der Waals surface area contributed by atoms with Crippen molar-refractivity contribution in [3.8, 4) is 0 Å². The van der Waals surface area contributed by atoms with Crippen LogP contribution in [0.2, 0.25) is 0 Å². The Balaban J connectivity index is 2.49. The van der Waals surface area contributed by atoms with E-state index in [4.69, 9.17) is 4.98 Å². The molecule has 1 atom stereocenters. The van der Waals surface area contributed by atoms with E-state index in [0.717, 1.165) is 18.4 Å². The molecule has 0 aliphatic heterocycles. The van der Waals surface area contributed by atoms with Gasteiger partial charge in [0, 0.05) is 12.5 Å². The molecule has 0 saturated carbocycles. The van der Waals surface area contributed by atoms with E-state index in [9.17, 15) is 0 Å². The first-order valence-corrected chi connectivity index (χ1v) is 6.73.